The minimum Gasteiger partial charge on any atom is -0.495 e. The summed E-state index contributed by atoms with van der Waals surface area (Å²) in [7, 11) is 1.55. The Labute approximate surface area is 167 Å². The number of fused-ring (bicyclic) bond motifs is 1. The van der Waals surface area contributed by atoms with E-state index in [9.17, 15) is 10.1 Å². The first kappa shape index (κ1) is 18.1. The Morgan fingerprint density at radius 2 is 2.18 bits per heavy atom. The van der Waals surface area contributed by atoms with Gasteiger partial charge in [0.1, 0.15) is 16.4 Å². The Kier molecular flexibility index (Phi) is 4.80. The normalized spacial score (nSPS) is 10.9. The van der Waals surface area contributed by atoms with Gasteiger partial charge in [-0.3, -0.25) is 10.1 Å². The molecule has 0 saturated heterocycles. The molecule has 0 unspecified atom stereocenters. The van der Waals surface area contributed by atoms with Crippen LogP contribution in [0.1, 0.15) is 5.56 Å². The molecule has 0 aliphatic carbocycles. The highest BCUT2D eigenvalue weighted by Gasteiger charge is 2.19. The Balaban J connectivity index is 1.71. The van der Waals surface area contributed by atoms with Gasteiger partial charge >= 0.3 is 5.00 Å². The molecule has 142 valence electrons. The summed E-state index contributed by atoms with van der Waals surface area (Å²) < 4.78 is 10.3. The van der Waals surface area contributed by atoms with Crippen molar-refractivity contribution in [1.82, 2.24) is 15.1 Å². The lowest BCUT2D eigenvalue weighted by Gasteiger charge is -2.09. The molecule has 1 N–H and O–H groups in total. The monoisotopic (exact) mass is 417 g/mol. The third-order valence-electron chi connectivity index (χ3n) is 3.89. The van der Waals surface area contributed by atoms with E-state index >= 15 is 0 Å². The van der Waals surface area contributed by atoms with Gasteiger partial charge < -0.3 is 14.6 Å². The fourth-order valence-corrected chi connectivity index (χ4v) is 3.71. The average Bonchev–Trinajstić information content (AvgIpc) is 3.35. The van der Waals surface area contributed by atoms with Crippen LogP contribution in [-0.2, 0) is 6.54 Å². The number of rotatable bonds is 6. The first-order valence-electron chi connectivity index (χ1n) is 7.98. The molecule has 11 heteroatoms. The molecule has 0 spiro atoms. The van der Waals surface area contributed by atoms with E-state index in [0.717, 1.165) is 16.9 Å². The first-order chi connectivity index (χ1) is 13.5. The molecule has 0 bridgehead atoms. The summed E-state index contributed by atoms with van der Waals surface area (Å²) in [6.07, 6.45) is 1.48. The maximum atomic E-state index is 11.2. The van der Waals surface area contributed by atoms with E-state index in [-0.39, 0.29) is 10.8 Å². The second-order valence-electron chi connectivity index (χ2n) is 5.66. The highest BCUT2D eigenvalue weighted by Crippen LogP contribution is 2.35. The zero-order chi connectivity index (χ0) is 19.7. The van der Waals surface area contributed by atoms with Crippen LogP contribution in [0, 0.1) is 10.1 Å². The van der Waals surface area contributed by atoms with Gasteiger partial charge in [-0.15, -0.1) is 0 Å². The average molecular weight is 418 g/mol. The molecule has 28 heavy (non-hydrogen) atoms. The minimum absolute atomic E-state index is 0.0189. The van der Waals surface area contributed by atoms with E-state index < -0.39 is 4.92 Å². The molecule has 3 heterocycles. The second-order valence-corrected chi connectivity index (χ2v) is 7.07. The van der Waals surface area contributed by atoms with Crippen LogP contribution in [0.5, 0.6) is 5.75 Å². The predicted molar refractivity (Wildman–Crippen MR) is 105 cm³/mol. The van der Waals surface area contributed by atoms with Crippen molar-refractivity contribution in [2.75, 3.05) is 12.4 Å². The van der Waals surface area contributed by atoms with E-state index in [2.05, 4.69) is 20.4 Å². The lowest BCUT2D eigenvalue weighted by Crippen LogP contribution is -2.03. The number of nitro groups is 1. The molecule has 0 saturated carbocycles. The molecule has 0 fully saturated rings. The Hall–Kier alpha value is -3.24. The van der Waals surface area contributed by atoms with Gasteiger partial charge in [0.05, 0.1) is 28.6 Å². The van der Waals surface area contributed by atoms with Gasteiger partial charge in [0.25, 0.3) is 0 Å². The number of nitrogens with zero attached hydrogens (tertiary/aromatic N) is 4. The first-order valence-corrected chi connectivity index (χ1v) is 9.18. The molecule has 0 aliphatic rings. The minimum atomic E-state index is -0.451. The molecule has 0 radical (unpaired) electrons. The molecular formula is C17H12ClN5O4S. The third-order valence-corrected chi connectivity index (χ3v) is 5.17. The van der Waals surface area contributed by atoms with E-state index in [1.807, 2.05) is 6.07 Å². The fraction of sp³-hybridized carbons (Fsp3) is 0.118. The van der Waals surface area contributed by atoms with Gasteiger partial charge in [-0.05, 0) is 29.0 Å². The van der Waals surface area contributed by atoms with Gasteiger partial charge in [0, 0.05) is 18.7 Å². The zero-order valence-electron chi connectivity index (χ0n) is 14.4. The number of benzene rings is 1. The summed E-state index contributed by atoms with van der Waals surface area (Å²) in [5.74, 6) is 1.69. The van der Waals surface area contributed by atoms with Crippen molar-refractivity contribution in [3.63, 3.8) is 0 Å². The number of methoxy groups -OCH3 is 1. The molecule has 9 nitrogen and oxygen atoms in total. The van der Waals surface area contributed by atoms with Crippen LogP contribution in [0.2, 0.25) is 5.02 Å². The van der Waals surface area contributed by atoms with E-state index in [0.29, 0.717) is 39.1 Å². The summed E-state index contributed by atoms with van der Waals surface area (Å²) >= 11 is 7.14. The summed E-state index contributed by atoms with van der Waals surface area (Å²) in [4.78, 5) is 20.0. The summed E-state index contributed by atoms with van der Waals surface area (Å²) in [5.41, 5.74) is 0.892. The predicted octanol–water partition coefficient (Wildman–Crippen LogP) is 4.53. The molecule has 0 atom stereocenters. The Morgan fingerprint density at radius 1 is 1.32 bits per heavy atom. The molecule has 4 rings (SSSR count). The van der Waals surface area contributed by atoms with Gasteiger partial charge in [-0.25, -0.2) is 9.97 Å². The van der Waals surface area contributed by atoms with Gasteiger partial charge in [0.2, 0.25) is 11.6 Å². The number of nitrogens with one attached hydrogen (secondary N) is 1. The van der Waals surface area contributed by atoms with Crippen LogP contribution in [0.25, 0.3) is 21.8 Å². The summed E-state index contributed by atoms with van der Waals surface area (Å²) in [5, 5.41) is 19.0. The van der Waals surface area contributed by atoms with Crippen molar-refractivity contribution in [3.05, 3.63) is 57.2 Å². The summed E-state index contributed by atoms with van der Waals surface area (Å²) in [6.45, 7) is 0.398. The van der Waals surface area contributed by atoms with Crippen molar-refractivity contribution in [1.29, 1.82) is 0 Å². The van der Waals surface area contributed by atoms with Crippen LogP contribution in [-0.4, -0.2) is 27.2 Å². The van der Waals surface area contributed by atoms with E-state index in [4.69, 9.17) is 20.9 Å². The largest absolute Gasteiger partial charge is 0.495 e. The zero-order valence-corrected chi connectivity index (χ0v) is 16.0. The number of ether oxygens (including phenoxy) is 1. The van der Waals surface area contributed by atoms with Crippen molar-refractivity contribution in [3.8, 4) is 17.3 Å². The van der Waals surface area contributed by atoms with Crippen molar-refractivity contribution in [2.24, 2.45) is 0 Å². The molecule has 0 amide bonds. The number of anilines is 1. The van der Waals surface area contributed by atoms with Crippen molar-refractivity contribution in [2.45, 2.75) is 6.54 Å². The fourth-order valence-electron chi connectivity index (χ4n) is 2.58. The quantitative estimate of drug-likeness (QED) is 0.359. The molecule has 0 aliphatic heterocycles. The van der Waals surface area contributed by atoms with Gasteiger partial charge in [0.15, 0.2) is 0 Å². The van der Waals surface area contributed by atoms with Gasteiger partial charge in [-0.2, -0.15) is 0 Å². The number of halogens is 1. The van der Waals surface area contributed by atoms with E-state index in [1.165, 1.54) is 12.3 Å². The highest BCUT2D eigenvalue weighted by molar-refractivity contribution is 7.21. The Bertz CT molecular complexity index is 1160. The van der Waals surface area contributed by atoms with Crippen LogP contribution < -0.4 is 10.1 Å². The molecular weight excluding hydrogens is 406 g/mol. The molecule has 1 aromatic carbocycles. The second kappa shape index (κ2) is 7.41. The van der Waals surface area contributed by atoms with Crippen LogP contribution in [0.15, 0.2) is 41.1 Å². The molecule has 4 aromatic rings. The maximum absolute atomic E-state index is 11.2. The number of aromatic nitrogens is 3. The Morgan fingerprint density at radius 3 is 2.86 bits per heavy atom. The smallest absolute Gasteiger partial charge is 0.326 e. The number of hydrogen-bond acceptors (Lipinski definition) is 9. The SMILES string of the molecule is COc1ccc(CNc2nc(-c3ccno3)nc3sc([N+](=O)[O-])cc23)cc1Cl. The standard InChI is InChI=1S/C17H12ClN5O4S/c1-26-12-3-2-9(6-11(12)18)8-19-15-10-7-14(23(24)25)28-17(10)22-16(21-15)13-4-5-20-27-13/h2-7H,8H2,1H3,(H,19,21,22). The maximum Gasteiger partial charge on any atom is 0.326 e. The molecule has 3 aromatic heterocycles. The lowest BCUT2D eigenvalue weighted by molar-refractivity contribution is -0.380. The summed E-state index contributed by atoms with van der Waals surface area (Å²) in [6, 6.07) is 8.48. The van der Waals surface area contributed by atoms with Crippen LogP contribution in [0.4, 0.5) is 10.8 Å². The lowest BCUT2D eigenvalue weighted by atomic mass is 10.2. The van der Waals surface area contributed by atoms with Crippen LogP contribution >= 0.6 is 22.9 Å². The third kappa shape index (κ3) is 3.47. The topological polar surface area (TPSA) is 116 Å². The highest BCUT2D eigenvalue weighted by atomic mass is 35.5. The number of hydrogen-bond donors (Lipinski definition) is 1. The van der Waals surface area contributed by atoms with Crippen LogP contribution in [0.3, 0.4) is 0 Å². The van der Waals surface area contributed by atoms with E-state index in [1.54, 1.807) is 25.3 Å². The van der Waals surface area contributed by atoms with Crippen molar-refractivity contribution >= 4 is 44.0 Å². The number of thiophene rings is 1. The van der Waals surface area contributed by atoms with Gasteiger partial charge in [-0.1, -0.05) is 22.8 Å². The van der Waals surface area contributed by atoms with Crippen molar-refractivity contribution < 1.29 is 14.2 Å².